The molecule has 0 aromatic heterocycles. The molecular weight excluding hydrogens is 296 g/mol. The zero-order valence-corrected chi connectivity index (χ0v) is 12.4. The second kappa shape index (κ2) is 6.68. The Morgan fingerprint density at radius 1 is 1.25 bits per heavy atom. The van der Waals surface area contributed by atoms with Gasteiger partial charge < -0.3 is 9.84 Å². The SMILES string of the molecule is COc1ccc(Sc2cccc(Cl)c2CC(=O)O)cc1. The van der Waals surface area contributed by atoms with Gasteiger partial charge in [0.15, 0.2) is 0 Å². The first-order valence-electron chi connectivity index (χ1n) is 5.91. The maximum absolute atomic E-state index is 10.9. The van der Waals surface area contributed by atoms with Gasteiger partial charge in [-0.05, 0) is 42.0 Å². The van der Waals surface area contributed by atoms with Crippen molar-refractivity contribution in [3.63, 3.8) is 0 Å². The molecule has 0 saturated carbocycles. The summed E-state index contributed by atoms with van der Waals surface area (Å²) in [5.74, 6) is -0.110. The molecule has 0 heterocycles. The second-order valence-electron chi connectivity index (χ2n) is 4.06. The monoisotopic (exact) mass is 308 g/mol. The van der Waals surface area contributed by atoms with Gasteiger partial charge in [-0.3, -0.25) is 4.79 Å². The highest BCUT2D eigenvalue weighted by molar-refractivity contribution is 7.99. The van der Waals surface area contributed by atoms with Crippen molar-refractivity contribution in [2.24, 2.45) is 0 Å². The molecule has 0 aliphatic carbocycles. The average Bonchev–Trinajstić information content (AvgIpc) is 2.43. The molecule has 104 valence electrons. The van der Waals surface area contributed by atoms with E-state index >= 15 is 0 Å². The largest absolute Gasteiger partial charge is 0.497 e. The van der Waals surface area contributed by atoms with E-state index in [0.29, 0.717) is 10.6 Å². The fourth-order valence-corrected chi connectivity index (χ4v) is 3.00. The third-order valence-corrected chi connectivity index (χ3v) is 4.16. The summed E-state index contributed by atoms with van der Waals surface area (Å²) in [7, 11) is 1.62. The lowest BCUT2D eigenvalue weighted by atomic mass is 10.1. The van der Waals surface area contributed by atoms with Crippen LogP contribution in [0.3, 0.4) is 0 Å². The molecule has 0 atom stereocenters. The fraction of sp³-hybridized carbons (Fsp3) is 0.133. The summed E-state index contributed by atoms with van der Waals surface area (Å²) >= 11 is 7.58. The van der Waals surface area contributed by atoms with Crippen LogP contribution in [0.4, 0.5) is 0 Å². The third-order valence-electron chi connectivity index (χ3n) is 2.69. The summed E-state index contributed by atoms with van der Waals surface area (Å²) in [4.78, 5) is 12.8. The predicted octanol–water partition coefficient (Wildman–Crippen LogP) is 4.13. The van der Waals surface area contributed by atoms with Gasteiger partial charge in [-0.25, -0.2) is 0 Å². The van der Waals surface area contributed by atoms with Crippen LogP contribution in [-0.2, 0) is 11.2 Å². The van der Waals surface area contributed by atoms with E-state index in [1.807, 2.05) is 36.4 Å². The number of hydrogen-bond acceptors (Lipinski definition) is 3. The summed E-state index contributed by atoms with van der Waals surface area (Å²) < 4.78 is 5.11. The van der Waals surface area contributed by atoms with Gasteiger partial charge in [-0.2, -0.15) is 0 Å². The van der Waals surface area contributed by atoms with Crippen LogP contribution in [0.15, 0.2) is 52.3 Å². The number of methoxy groups -OCH3 is 1. The first kappa shape index (κ1) is 14.8. The molecule has 3 nitrogen and oxygen atoms in total. The van der Waals surface area contributed by atoms with E-state index < -0.39 is 5.97 Å². The van der Waals surface area contributed by atoms with Gasteiger partial charge >= 0.3 is 5.97 Å². The molecule has 0 bridgehead atoms. The molecule has 0 radical (unpaired) electrons. The summed E-state index contributed by atoms with van der Waals surface area (Å²) in [6.07, 6.45) is -0.0852. The highest BCUT2D eigenvalue weighted by atomic mass is 35.5. The average molecular weight is 309 g/mol. The van der Waals surface area contributed by atoms with E-state index in [1.54, 1.807) is 13.2 Å². The minimum absolute atomic E-state index is 0.0852. The van der Waals surface area contributed by atoms with Gasteiger partial charge in [-0.15, -0.1) is 0 Å². The molecule has 5 heteroatoms. The van der Waals surface area contributed by atoms with Crippen LogP contribution in [-0.4, -0.2) is 18.2 Å². The highest BCUT2D eigenvalue weighted by Gasteiger charge is 2.12. The van der Waals surface area contributed by atoms with E-state index in [1.165, 1.54) is 11.8 Å². The van der Waals surface area contributed by atoms with E-state index in [9.17, 15) is 4.79 Å². The summed E-state index contributed by atoms with van der Waals surface area (Å²) in [6, 6.07) is 13.0. The smallest absolute Gasteiger partial charge is 0.307 e. The Balaban J connectivity index is 2.27. The molecule has 20 heavy (non-hydrogen) atoms. The van der Waals surface area contributed by atoms with Gasteiger partial charge in [0.05, 0.1) is 13.5 Å². The molecule has 0 amide bonds. The lowest BCUT2D eigenvalue weighted by Gasteiger charge is -2.09. The Morgan fingerprint density at radius 3 is 2.55 bits per heavy atom. The number of carboxylic acid groups (broad SMARTS) is 1. The number of hydrogen-bond donors (Lipinski definition) is 1. The van der Waals surface area contributed by atoms with Crippen LogP contribution in [0, 0.1) is 0 Å². The van der Waals surface area contributed by atoms with Crippen molar-refractivity contribution in [2.45, 2.75) is 16.2 Å². The van der Waals surface area contributed by atoms with E-state index in [2.05, 4.69) is 0 Å². The van der Waals surface area contributed by atoms with Crippen LogP contribution in [0.25, 0.3) is 0 Å². The van der Waals surface area contributed by atoms with Gasteiger partial charge in [0.25, 0.3) is 0 Å². The molecule has 0 aliphatic rings. The fourth-order valence-electron chi connectivity index (χ4n) is 1.73. The Bertz CT molecular complexity index is 611. The maximum Gasteiger partial charge on any atom is 0.307 e. The minimum atomic E-state index is -0.894. The number of aliphatic carboxylic acids is 1. The first-order valence-corrected chi connectivity index (χ1v) is 7.10. The van der Waals surface area contributed by atoms with Crippen molar-refractivity contribution >= 4 is 29.3 Å². The predicted molar refractivity (Wildman–Crippen MR) is 79.9 cm³/mol. The summed E-state index contributed by atoms with van der Waals surface area (Å²) in [5, 5.41) is 9.44. The Labute approximate surface area is 126 Å². The summed E-state index contributed by atoms with van der Waals surface area (Å²) in [5.41, 5.74) is 0.641. The second-order valence-corrected chi connectivity index (χ2v) is 5.59. The molecule has 0 unspecified atom stereocenters. The van der Waals surface area contributed by atoms with Crippen molar-refractivity contribution in [3.05, 3.63) is 53.1 Å². The number of halogens is 1. The normalized spacial score (nSPS) is 10.3. The van der Waals surface area contributed by atoms with Crippen molar-refractivity contribution in [3.8, 4) is 5.75 Å². The molecule has 1 N–H and O–H groups in total. The lowest BCUT2D eigenvalue weighted by Crippen LogP contribution is -2.02. The topological polar surface area (TPSA) is 46.5 Å². The molecule has 0 aliphatic heterocycles. The van der Waals surface area contributed by atoms with Gasteiger partial charge in [0, 0.05) is 14.8 Å². The zero-order valence-electron chi connectivity index (χ0n) is 10.8. The molecule has 0 spiro atoms. The van der Waals surface area contributed by atoms with Crippen molar-refractivity contribution in [2.75, 3.05) is 7.11 Å². The molecule has 0 saturated heterocycles. The van der Waals surface area contributed by atoms with Crippen LogP contribution in [0.2, 0.25) is 5.02 Å². The van der Waals surface area contributed by atoms with Gasteiger partial charge in [-0.1, -0.05) is 29.4 Å². The van der Waals surface area contributed by atoms with E-state index in [-0.39, 0.29) is 6.42 Å². The van der Waals surface area contributed by atoms with Crippen LogP contribution in [0.5, 0.6) is 5.75 Å². The van der Waals surface area contributed by atoms with Crippen LogP contribution >= 0.6 is 23.4 Å². The quantitative estimate of drug-likeness (QED) is 0.902. The number of carbonyl (C=O) groups is 1. The van der Waals surface area contributed by atoms with Crippen molar-refractivity contribution in [1.29, 1.82) is 0 Å². The zero-order chi connectivity index (χ0) is 14.5. The number of benzene rings is 2. The van der Waals surface area contributed by atoms with Crippen molar-refractivity contribution < 1.29 is 14.6 Å². The Hall–Kier alpha value is -1.65. The Kier molecular flexibility index (Phi) is 4.93. The minimum Gasteiger partial charge on any atom is -0.497 e. The maximum atomic E-state index is 10.9. The van der Waals surface area contributed by atoms with Crippen LogP contribution < -0.4 is 4.74 Å². The molecule has 2 aromatic carbocycles. The molecule has 2 aromatic rings. The molecule has 0 fully saturated rings. The first-order chi connectivity index (χ1) is 9.60. The van der Waals surface area contributed by atoms with Crippen molar-refractivity contribution in [1.82, 2.24) is 0 Å². The number of ether oxygens (including phenoxy) is 1. The van der Waals surface area contributed by atoms with E-state index in [4.69, 9.17) is 21.4 Å². The van der Waals surface area contributed by atoms with E-state index in [0.717, 1.165) is 15.5 Å². The number of rotatable bonds is 5. The molecular formula is C15H13ClO3S. The lowest BCUT2D eigenvalue weighted by molar-refractivity contribution is -0.136. The third kappa shape index (κ3) is 3.68. The number of carboxylic acids is 1. The highest BCUT2D eigenvalue weighted by Crippen LogP contribution is 2.34. The standard InChI is InChI=1S/C15H13ClO3S/c1-19-10-5-7-11(8-6-10)20-14-4-2-3-13(16)12(14)9-15(17)18/h2-8H,9H2,1H3,(H,17,18). The molecule has 2 rings (SSSR count). The van der Waals surface area contributed by atoms with Gasteiger partial charge in [0.2, 0.25) is 0 Å². The van der Waals surface area contributed by atoms with Crippen LogP contribution in [0.1, 0.15) is 5.56 Å². The Morgan fingerprint density at radius 2 is 1.95 bits per heavy atom. The summed E-state index contributed by atoms with van der Waals surface area (Å²) in [6.45, 7) is 0. The van der Waals surface area contributed by atoms with Gasteiger partial charge in [0.1, 0.15) is 5.75 Å².